The van der Waals surface area contributed by atoms with Gasteiger partial charge < -0.3 is 9.72 Å². The lowest BCUT2D eigenvalue weighted by Crippen LogP contribution is -1.79. The number of rotatable bonds is 1. The second kappa shape index (κ2) is 2.83. The zero-order valence-electron chi connectivity index (χ0n) is 6.60. The van der Waals surface area contributed by atoms with Gasteiger partial charge in [-0.3, -0.25) is 0 Å². The zero-order valence-corrected chi connectivity index (χ0v) is 8.18. The smallest absolute Gasteiger partial charge is 0.191 e. The highest BCUT2D eigenvalue weighted by Crippen LogP contribution is 2.23. The highest BCUT2D eigenvalue weighted by molar-refractivity contribution is 9.10. The fraction of sp³-hybridized carbons (Fsp3) is 0.111. The number of fused-ring (bicyclic) bond motifs is 1. The molecule has 0 aliphatic rings. The Bertz CT molecular complexity index is 408. The molecule has 2 nitrogen and oxygen atoms in total. The maximum Gasteiger partial charge on any atom is 0.191 e. The molecular formula is C9H8BrNO. The molecule has 1 N–H and O–H groups in total. The molecule has 0 spiro atoms. The highest BCUT2D eigenvalue weighted by atomic mass is 79.9. The molecule has 2 rings (SSSR count). The topological polar surface area (TPSA) is 25.0 Å². The lowest BCUT2D eigenvalue weighted by molar-refractivity contribution is 0.401. The number of nitrogens with one attached hydrogen (secondary N) is 1. The minimum Gasteiger partial charge on any atom is -0.482 e. The van der Waals surface area contributed by atoms with Crippen LogP contribution >= 0.6 is 15.9 Å². The Morgan fingerprint density at radius 2 is 2.17 bits per heavy atom. The summed E-state index contributed by atoms with van der Waals surface area (Å²) in [6, 6.07) is 8.04. The second-order valence-electron chi connectivity index (χ2n) is 2.57. The van der Waals surface area contributed by atoms with Gasteiger partial charge in [-0.1, -0.05) is 15.9 Å². The number of aromatic amines is 1. The quantitative estimate of drug-likeness (QED) is 0.794. The minimum absolute atomic E-state index is 0.795. The molecule has 0 saturated carbocycles. The van der Waals surface area contributed by atoms with Crippen molar-refractivity contribution in [2.24, 2.45) is 0 Å². The number of ether oxygens (including phenoxy) is 1. The molecule has 62 valence electrons. The third-order valence-electron chi connectivity index (χ3n) is 1.78. The number of hydrogen-bond donors (Lipinski definition) is 1. The van der Waals surface area contributed by atoms with E-state index in [0.29, 0.717) is 0 Å². The van der Waals surface area contributed by atoms with Gasteiger partial charge in [0.15, 0.2) is 5.88 Å². The third-order valence-corrected chi connectivity index (χ3v) is 2.27. The zero-order chi connectivity index (χ0) is 8.55. The van der Waals surface area contributed by atoms with Crippen LogP contribution in [0.3, 0.4) is 0 Å². The molecule has 0 fully saturated rings. The van der Waals surface area contributed by atoms with Crippen molar-refractivity contribution in [1.29, 1.82) is 0 Å². The van der Waals surface area contributed by atoms with Crippen LogP contribution in [0.4, 0.5) is 0 Å². The van der Waals surface area contributed by atoms with Crippen LogP contribution in [0.15, 0.2) is 28.7 Å². The normalized spacial score (nSPS) is 10.5. The maximum absolute atomic E-state index is 5.07. The summed E-state index contributed by atoms with van der Waals surface area (Å²) in [5.74, 6) is 0.795. The molecule has 3 heteroatoms. The van der Waals surface area contributed by atoms with Gasteiger partial charge >= 0.3 is 0 Å². The largest absolute Gasteiger partial charge is 0.482 e. The number of benzene rings is 1. The van der Waals surface area contributed by atoms with Crippen molar-refractivity contribution in [3.05, 3.63) is 28.7 Å². The van der Waals surface area contributed by atoms with Gasteiger partial charge in [0.05, 0.1) is 7.11 Å². The molecule has 0 aliphatic heterocycles. The summed E-state index contributed by atoms with van der Waals surface area (Å²) >= 11 is 3.41. The van der Waals surface area contributed by atoms with Gasteiger partial charge in [0, 0.05) is 21.4 Å². The molecular weight excluding hydrogens is 218 g/mol. The number of methoxy groups -OCH3 is 1. The lowest BCUT2D eigenvalue weighted by atomic mass is 10.2. The average Bonchev–Trinajstić information content (AvgIpc) is 2.46. The average molecular weight is 226 g/mol. The van der Waals surface area contributed by atoms with E-state index in [2.05, 4.69) is 20.9 Å². The van der Waals surface area contributed by atoms with Crippen LogP contribution < -0.4 is 4.74 Å². The van der Waals surface area contributed by atoms with Crippen LogP contribution in [0.2, 0.25) is 0 Å². The van der Waals surface area contributed by atoms with Gasteiger partial charge in [-0.2, -0.15) is 0 Å². The summed E-state index contributed by atoms with van der Waals surface area (Å²) in [6.45, 7) is 0. The predicted molar refractivity (Wildman–Crippen MR) is 52.6 cm³/mol. The summed E-state index contributed by atoms with van der Waals surface area (Å²) in [4.78, 5) is 3.13. The Hall–Kier alpha value is -0.960. The molecule has 0 saturated heterocycles. The summed E-state index contributed by atoms with van der Waals surface area (Å²) in [5.41, 5.74) is 1.09. The van der Waals surface area contributed by atoms with Crippen molar-refractivity contribution in [3.63, 3.8) is 0 Å². The summed E-state index contributed by atoms with van der Waals surface area (Å²) < 4.78 is 6.15. The third kappa shape index (κ3) is 1.20. The number of aromatic nitrogens is 1. The van der Waals surface area contributed by atoms with E-state index >= 15 is 0 Å². The fourth-order valence-electron chi connectivity index (χ4n) is 1.19. The van der Waals surface area contributed by atoms with Crippen LogP contribution in [-0.2, 0) is 0 Å². The summed E-state index contributed by atoms with van der Waals surface area (Å²) in [5, 5.41) is 1.15. The highest BCUT2D eigenvalue weighted by Gasteiger charge is 1.99. The van der Waals surface area contributed by atoms with Crippen molar-refractivity contribution >= 4 is 26.8 Å². The molecule has 1 heterocycles. The first-order valence-corrected chi connectivity index (χ1v) is 4.41. The maximum atomic E-state index is 5.07. The first kappa shape index (κ1) is 7.68. The van der Waals surface area contributed by atoms with Crippen LogP contribution in [0.1, 0.15) is 0 Å². The van der Waals surface area contributed by atoms with Crippen LogP contribution in [-0.4, -0.2) is 12.1 Å². The standard InChI is InChI=1S/C9H8BrNO/c1-12-9-5-6-4-7(10)2-3-8(6)11-9/h2-5,11H,1H3. The molecule has 1 aromatic heterocycles. The second-order valence-corrected chi connectivity index (χ2v) is 3.48. The van der Waals surface area contributed by atoms with Crippen molar-refractivity contribution < 1.29 is 4.74 Å². The van der Waals surface area contributed by atoms with Crippen molar-refractivity contribution in [3.8, 4) is 5.88 Å². The Morgan fingerprint density at radius 3 is 2.92 bits per heavy atom. The monoisotopic (exact) mass is 225 g/mol. The SMILES string of the molecule is COc1cc2cc(Br)ccc2[nH]1. The van der Waals surface area contributed by atoms with Gasteiger partial charge in [-0.25, -0.2) is 0 Å². The summed E-state index contributed by atoms with van der Waals surface area (Å²) in [7, 11) is 1.65. The van der Waals surface area contributed by atoms with Gasteiger partial charge in [0.1, 0.15) is 0 Å². The first-order chi connectivity index (χ1) is 5.79. The van der Waals surface area contributed by atoms with E-state index in [0.717, 1.165) is 21.3 Å². The van der Waals surface area contributed by atoms with E-state index in [1.165, 1.54) is 0 Å². The molecule has 12 heavy (non-hydrogen) atoms. The van der Waals surface area contributed by atoms with Crippen molar-refractivity contribution in [1.82, 2.24) is 4.98 Å². The molecule has 2 aromatic rings. The number of halogens is 1. The van der Waals surface area contributed by atoms with Crippen LogP contribution in [0.25, 0.3) is 10.9 Å². The van der Waals surface area contributed by atoms with E-state index in [4.69, 9.17) is 4.74 Å². The predicted octanol–water partition coefficient (Wildman–Crippen LogP) is 2.94. The van der Waals surface area contributed by atoms with Gasteiger partial charge in [-0.05, 0) is 18.2 Å². The van der Waals surface area contributed by atoms with Gasteiger partial charge in [0.2, 0.25) is 0 Å². The Labute approximate surface area is 78.7 Å². The Kier molecular flexibility index (Phi) is 1.81. The van der Waals surface area contributed by atoms with E-state index in [-0.39, 0.29) is 0 Å². The molecule has 0 radical (unpaired) electrons. The Balaban J connectivity index is 2.67. The van der Waals surface area contributed by atoms with Gasteiger partial charge in [-0.15, -0.1) is 0 Å². The molecule has 0 aliphatic carbocycles. The van der Waals surface area contributed by atoms with E-state index in [1.54, 1.807) is 7.11 Å². The van der Waals surface area contributed by atoms with Crippen LogP contribution in [0, 0.1) is 0 Å². The molecule has 0 unspecified atom stereocenters. The van der Waals surface area contributed by atoms with Crippen molar-refractivity contribution in [2.45, 2.75) is 0 Å². The molecule has 1 aromatic carbocycles. The minimum atomic E-state index is 0.795. The number of hydrogen-bond acceptors (Lipinski definition) is 1. The van der Waals surface area contributed by atoms with Crippen LogP contribution in [0.5, 0.6) is 5.88 Å². The summed E-state index contributed by atoms with van der Waals surface area (Å²) in [6.07, 6.45) is 0. The van der Waals surface area contributed by atoms with Gasteiger partial charge in [0.25, 0.3) is 0 Å². The fourth-order valence-corrected chi connectivity index (χ4v) is 1.57. The van der Waals surface area contributed by atoms with E-state index in [1.807, 2.05) is 24.3 Å². The Morgan fingerprint density at radius 1 is 1.33 bits per heavy atom. The molecule has 0 bridgehead atoms. The molecule has 0 amide bonds. The number of H-pyrrole nitrogens is 1. The van der Waals surface area contributed by atoms with Crippen molar-refractivity contribution in [2.75, 3.05) is 7.11 Å². The van der Waals surface area contributed by atoms with E-state index in [9.17, 15) is 0 Å². The molecule has 0 atom stereocenters. The lowest BCUT2D eigenvalue weighted by Gasteiger charge is -1.89. The van der Waals surface area contributed by atoms with E-state index < -0.39 is 0 Å². The first-order valence-electron chi connectivity index (χ1n) is 3.62.